The molecule has 3 rings (SSSR count). The standard InChI is InChI=1S/C20H24N2O3/c1-15-17(8-5-10-21-15)13-22-11-9-20(19(24)25,18(23)14-22)12-16-6-3-2-4-7-16/h2-8,10,18,23H,9,11-14H2,1H3,(H,24,25)/t18-,20+/m0/s1. The summed E-state index contributed by atoms with van der Waals surface area (Å²) in [4.78, 5) is 18.4. The third kappa shape index (κ3) is 3.72. The van der Waals surface area contributed by atoms with Gasteiger partial charge in [-0.2, -0.15) is 0 Å². The summed E-state index contributed by atoms with van der Waals surface area (Å²) in [6.45, 7) is 3.64. The average molecular weight is 340 g/mol. The normalized spacial score (nSPS) is 24.2. The number of pyridine rings is 1. The fraction of sp³-hybridized carbons (Fsp3) is 0.400. The van der Waals surface area contributed by atoms with Gasteiger partial charge in [0.05, 0.1) is 6.10 Å². The molecule has 2 atom stereocenters. The average Bonchev–Trinajstić information content (AvgIpc) is 2.60. The van der Waals surface area contributed by atoms with Crippen LogP contribution < -0.4 is 0 Å². The van der Waals surface area contributed by atoms with Crippen LogP contribution in [0.15, 0.2) is 48.7 Å². The highest BCUT2D eigenvalue weighted by Crippen LogP contribution is 2.36. The molecule has 1 saturated heterocycles. The Labute approximate surface area is 147 Å². The first-order valence-corrected chi connectivity index (χ1v) is 8.59. The number of nitrogens with zero attached hydrogens (tertiary/aromatic N) is 2. The van der Waals surface area contributed by atoms with E-state index in [4.69, 9.17) is 0 Å². The summed E-state index contributed by atoms with van der Waals surface area (Å²) in [5, 5.41) is 20.6. The number of hydrogen-bond donors (Lipinski definition) is 2. The van der Waals surface area contributed by atoms with Crippen LogP contribution in [-0.4, -0.2) is 45.3 Å². The summed E-state index contributed by atoms with van der Waals surface area (Å²) in [5.41, 5.74) is 1.90. The molecule has 1 aliphatic rings. The summed E-state index contributed by atoms with van der Waals surface area (Å²) in [7, 11) is 0. The minimum absolute atomic E-state index is 0.351. The van der Waals surface area contributed by atoms with Crippen molar-refractivity contribution >= 4 is 5.97 Å². The van der Waals surface area contributed by atoms with E-state index < -0.39 is 17.5 Å². The molecule has 25 heavy (non-hydrogen) atoms. The number of hydrogen-bond acceptors (Lipinski definition) is 4. The fourth-order valence-corrected chi connectivity index (χ4v) is 3.60. The molecule has 5 nitrogen and oxygen atoms in total. The molecule has 132 valence electrons. The molecule has 5 heteroatoms. The van der Waals surface area contributed by atoms with Gasteiger partial charge in [0.15, 0.2) is 0 Å². The summed E-state index contributed by atoms with van der Waals surface area (Å²) in [6, 6.07) is 13.5. The Morgan fingerprint density at radius 1 is 1.28 bits per heavy atom. The van der Waals surface area contributed by atoms with Gasteiger partial charge in [-0.15, -0.1) is 0 Å². The lowest BCUT2D eigenvalue weighted by Gasteiger charge is -2.43. The van der Waals surface area contributed by atoms with Crippen LogP contribution >= 0.6 is 0 Å². The topological polar surface area (TPSA) is 73.7 Å². The molecular weight excluding hydrogens is 316 g/mol. The molecule has 2 heterocycles. The quantitative estimate of drug-likeness (QED) is 0.873. The summed E-state index contributed by atoms with van der Waals surface area (Å²) in [6.07, 6.45) is 1.64. The fourth-order valence-electron chi connectivity index (χ4n) is 3.60. The predicted molar refractivity (Wildman–Crippen MR) is 95.1 cm³/mol. The Kier molecular flexibility index (Phi) is 5.16. The second-order valence-corrected chi connectivity index (χ2v) is 6.87. The van der Waals surface area contributed by atoms with Crippen LogP contribution in [0.3, 0.4) is 0 Å². The Hall–Kier alpha value is -2.24. The third-order valence-corrected chi connectivity index (χ3v) is 5.24. The number of carboxylic acids is 1. The molecule has 1 aromatic carbocycles. The van der Waals surface area contributed by atoms with E-state index in [1.807, 2.05) is 49.4 Å². The molecule has 2 aromatic rings. The number of aryl methyl sites for hydroxylation is 1. The maximum atomic E-state index is 12.0. The van der Waals surface area contributed by atoms with Crippen LogP contribution in [0.2, 0.25) is 0 Å². The van der Waals surface area contributed by atoms with Gasteiger partial charge in [-0.1, -0.05) is 36.4 Å². The van der Waals surface area contributed by atoms with E-state index in [0.717, 1.165) is 16.8 Å². The lowest BCUT2D eigenvalue weighted by molar-refractivity contribution is -0.163. The molecular formula is C20H24N2O3. The van der Waals surface area contributed by atoms with Crippen LogP contribution in [-0.2, 0) is 17.8 Å². The predicted octanol–water partition coefficient (Wildman–Crippen LogP) is 2.27. The van der Waals surface area contributed by atoms with Gasteiger partial charge in [0.25, 0.3) is 0 Å². The number of aliphatic hydroxyl groups is 1. The van der Waals surface area contributed by atoms with Crippen molar-refractivity contribution in [2.24, 2.45) is 5.41 Å². The van der Waals surface area contributed by atoms with Crippen LogP contribution in [0.4, 0.5) is 0 Å². The van der Waals surface area contributed by atoms with Crippen molar-refractivity contribution in [1.82, 2.24) is 9.88 Å². The summed E-state index contributed by atoms with van der Waals surface area (Å²) in [5.74, 6) is -0.916. The van der Waals surface area contributed by atoms with E-state index in [9.17, 15) is 15.0 Å². The Balaban J connectivity index is 1.74. The second-order valence-electron chi connectivity index (χ2n) is 6.87. The zero-order chi connectivity index (χ0) is 17.9. The Morgan fingerprint density at radius 3 is 2.68 bits per heavy atom. The van der Waals surface area contributed by atoms with Crippen LogP contribution in [0, 0.1) is 12.3 Å². The number of benzene rings is 1. The van der Waals surface area contributed by atoms with Gasteiger partial charge in [-0.05, 0) is 43.5 Å². The lowest BCUT2D eigenvalue weighted by atomic mass is 9.71. The molecule has 0 saturated carbocycles. The van der Waals surface area contributed by atoms with Gasteiger partial charge in [0.1, 0.15) is 5.41 Å². The molecule has 0 unspecified atom stereocenters. The van der Waals surface area contributed by atoms with Gasteiger partial charge in [-0.3, -0.25) is 14.7 Å². The first-order valence-electron chi connectivity index (χ1n) is 8.59. The van der Waals surface area contributed by atoms with Gasteiger partial charge < -0.3 is 10.2 Å². The Morgan fingerprint density at radius 2 is 2.04 bits per heavy atom. The number of carboxylic acid groups (broad SMARTS) is 1. The number of piperidine rings is 1. The highest BCUT2D eigenvalue weighted by molar-refractivity contribution is 5.76. The summed E-state index contributed by atoms with van der Waals surface area (Å²) < 4.78 is 0. The van der Waals surface area contributed by atoms with Crippen molar-refractivity contribution in [3.05, 3.63) is 65.5 Å². The minimum atomic E-state index is -1.12. The number of likely N-dealkylation sites (tertiary alicyclic amines) is 1. The van der Waals surface area contributed by atoms with E-state index in [1.165, 1.54) is 0 Å². The monoisotopic (exact) mass is 340 g/mol. The lowest BCUT2D eigenvalue weighted by Crippen LogP contribution is -2.55. The third-order valence-electron chi connectivity index (χ3n) is 5.24. The maximum absolute atomic E-state index is 12.0. The van der Waals surface area contributed by atoms with Crippen molar-refractivity contribution < 1.29 is 15.0 Å². The minimum Gasteiger partial charge on any atom is -0.481 e. The number of aliphatic hydroxyl groups excluding tert-OH is 1. The van der Waals surface area contributed by atoms with E-state index >= 15 is 0 Å². The zero-order valence-corrected chi connectivity index (χ0v) is 14.4. The molecule has 0 bridgehead atoms. The van der Waals surface area contributed by atoms with Crippen molar-refractivity contribution in [2.45, 2.75) is 32.4 Å². The first kappa shape index (κ1) is 17.6. The highest BCUT2D eigenvalue weighted by Gasteiger charge is 2.48. The largest absolute Gasteiger partial charge is 0.481 e. The molecule has 1 fully saturated rings. The number of β-amino-alcohol motifs (C(OH)–C–C–N with tert-alkyl or cyclic N) is 1. The summed E-state index contributed by atoms with van der Waals surface area (Å²) >= 11 is 0. The molecule has 0 spiro atoms. The van der Waals surface area contributed by atoms with Gasteiger partial charge in [-0.25, -0.2) is 0 Å². The smallest absolute Gasteiger partial charge is 0.312 e. The van der Waals surface area contributed by atoms with Crippen molar-refractivity contribution in [3.63, 3.8) is 0 Å². The Bertz CT molecular complexity index is 735. The number of aromatic nitrogens is 1. The van der Waals surface area contributed by atoms with Gasteiger partial charge >= 0.3 is 5.97 Å². The molecule has 2 N–H and O–H groups in total. The molecule has 0 aliphatic carbocycles. The van der Waals surface area contributed by atoms with E-state index in [2.05, 4.69) is 9.88 Å². The SMILES string of the molecule is Cc1ncccc1CN1CC[C@](Cc2ccccc2)(C(=O)O)[C@@H](O)C1. The van der Waals surface area contributed by atoms with Gasteiger partial charge in [0, 0.05) is 25.0 Å². The zero-order valence-electron chi connectivity index (χ0n) is 14.4. The van der Waals surface area contributed by atoms with Crippen LogP contribution in [0.25, 0.3) is 0 Å². The van der Waals surface area contributed by atoms with E-state index in [0.29, 0.717) is 32.5 Å². The van der Waals surface area contributed by atoms with Crippen molar-refractivity contribution in [3.8, 4) is 0 Å². The first-order chi connectivity index (χ1) is 12.0. The molecule has 0 amide bonds. The number of carbonyl (C=O) groups is 1. The van der Waals surface area contributed by atoms with E-state index in [-0.39, 0.29) is 0 Å². The highest BCUT2D eigenvalue weighted by atomic mass is 16.4. The van der Waals surface area contributed by atoms with Gasteiger partial charge in [0.2, 0.25) is 0 Å². The maximum Gasteiger partial charge on any atom is 0.312 e. The van der Waals surface area contributed by atoms with E-state index in [1.54, 1.807) is 6.20 Å². The van der Waals surface area contributed by atoms with Crippen LogP contribution in [0.1, 0.15) is 23.2 Å². The van der Waals surface area contributed by atoms with Crippen LogP contribution in [0.5, 0.6) is 0 Å². The molecule has 1 aliphatic heterocycles. The van der Waals surface area contributed by atoms with Crippen molar-refractivity contribution in [2.75, 3.05) is 13.1 Å². The molecule has 0 radical (unpaired) electrons. The van der Waals surface area contributed by atoms with Crippen molar-refractivity contribution in [1.29, 1.82) is 0 Å². The number of aliphatic carboxylic acids is 1. The number of rotatable bonds is 5. The molecule has 1 aromatic heterocycles. The second kappa shape index (κ2) is 7.33.